The molecule has 1 aliphatic carbocycles. The molecular formula is C21H21N5O2S. The van der Waals surface area contributed by atoms with Crippen LogP contribution >= 0.6 is 11.3 Å². The van der Waals surface area contributed by atoms with Gasteiger partial charge in [0.1, 0.15) is 5.69 Å². The van der Waals surface area contributed by atoms with Gasteiger partial charge in [0.15, 0.2) is 5.13 Å². The van der Waals surface area contributed by atoms with Crippen molar-refractivity contribution in [1.82, 2.24) is 20.2 Å². The second kappa shape index (κ2) is 6.40. The van der Waals surface area contributed by atoms with Gasteiger partial charge in [0.25, 0.3) is 5.91 Å². The molecule has 2 aromatic heterocycles. The molecule has 1 aromatic carbocycles. The van der Waals surface area contributed by atoms with Crippen molar-refractivity contribution in [2.24, 2.45) is 17.8 Å². The van der Waals surface area contributed by atoms with Crippen LogP contribution in [0.4, 0.5) is 5.13 Å². The van der Waals surface area contributed by atoms with Crippen LogP contribution in [0.1, 0.15) is 21.1 Å². The van der Waals surface area contributed by atoms with Crippen LogP contribution in [0, 0.1) is 17.8 Å². The molecule has 2 fully saturated rings. The van der Waals surface area contributed by atoms with E-state index in [0.717, 1.165) is 34.6 Å². The number of para-hydroxylation sites is 1. The van der Waals surface area contributed by atoms with E-state index in [-0.39, 0.29) is 17.7 Å². The average molecular weight is 407 g/mol. The molecule has 3 aliphatic rings. The Morgan fingerprint density at radius 1 is 1.21 bits per heavy atom. The van der Waals surface area contributed by atoms with E-state index in [1.165, 1.54) is 11.3 Å². The van der Waals surface area contributed by atoms with Crippen molar-refractivity contribution in [3.05, 3.63) is 46.6 Å². The van der Waals surface area contributed by atoms with Crippen molar-refractivity contribution >= 4 is 39.2 Å². The summed E-state index contributed by atoms with van der Waals surface area (Å²) in [5, 5.41) is 8.03. The predicted molar refractivity (Wildman–Crippen MR) is 111 cm³/mol. The third kappa shape index (κ3) is 2.86. The first-order valence-corrected chi connectivity index (χ1v) is 10.9. The van der Waals surface area contributed by atoms with E-state index in [0.29, 0.717) is 42.2 Å². The minimum absolute atomic E-state index is 0.00383. The fourth-order valence-electron chi connectivity index (χ4n) is 4.78. The van der Waals surface area contributed by atoms with Gasteiger partial charge < -0.3 is 20.5 Å². The quantitative estimate of drug-likeness (QED) is 0.621. The molecule has 0 radical (unpaired) electrons. The second-order valence-corrected chi connectivity index (χ2v) is 9.22. The highest BCUT2D eigenvalue weighted by atomic mass is 32.1. The van der Waals surface area contributed by atoms with Crippen LogP contribution in [0.15, 0.2) is 30.3 Å². The topological polar surface area (TPSA) is 90.1 Å². The molecule has 3 atom stereocenters. The Bertz CT molecular complexity index is 1090. The molecule has 4 heterocycles. The molecule has 0 spiro atoms. The number of fused-ring (bicyclic) bond motifs is 3. The highest BCUT2D eigenvalue weighted by Gasteiger charge is 2.57. The predicted octanol–water partition coefficient (Wildman–Crippen LogP) is 2.23. The van der Waals surface area contributed by atoms with Gasteiger partial charge in [-0.2, -0.15) is 0 Å². The average Bonchev–Trinajstić information content (AvgIpc) is 3.15. The lowest BCUT2D eigenvalue weighted by Gasteiger charge is -2.25. The van der Waals surface area contributed by atoms with Gasteiger partial charge >= 0.3 is 0 Å². The number of piperidine rings is 1. The zero-order valence-corrected chi connectivity index (χ0v) is 16.6. The lowest BCUT2D eigenvalue weighted by Crippen LogP contribution is -2.35. The molecular weight excluding hydrogens is 386 g/mol. The van der Waals surface area contributed by atoms with Gasteiger partial charge in [-0.3, -0.25) is 9.59 Å². The number of benzene rings is 1. The minimum Gasteiger partial charge on any atom is -0.351 e. The fraction of sp³-hybridized carbons (Fsp3) is 0.381. The minimum atomic E-state index is 0.00383. The normalized spacial score (nSPS) is 25.0. The van der Waals surface area contributed by atoms with Crippen molar-refractivity contribution in [1.29, 1.82) is 0 Å². The molecule has 0 bridgehead atoms. The Morgan fingerprint density at radius 2 is 2.03 bits per heavy atom. The number of hydrogen-bond acceptors (Lipinski definition) is 5. The Hall–Kier alpha value is -2.71. The van der Waals surface area contributed by atoms with Crippen molar-refractivity contribution in [3.63, 3.8) is 0 Å². The summed E-state index contributed by atoms with van der Waals surface area (Å²) in [4.78, 5) is 36.2. The smallest absolute Gasteiger partial charge is 0.270 e. The zero-order valence-electron chi connectivity index (χ0n) is 15.8. The maximum absolute atomic E-state index is 13.0. The van der Waals surface area contributed by atoms with Crippen LogP contribution in [-0.2, 0) is 17.8 Å². The summed E-state index contributed by atoms with van der Waals surface area (Å²) in [7, 11) is 0. The summed E-state index contributed by atoms with van der Waals surface area (Å²) in [5.41, 5.74) is 2.58. The number of aromatic amines is 1. The van der Waals surface area contributed by atoms with E-state index < -0.39 is 0 Å². The second-order valence-electron chi connectivity index (χ2n) is 8.14. The molecule has 8 heteroatoms. The van der Waals surface area contributed by atoms with Crippen molar-refractivity contribution < 1.29 is 9.59 Å². The maximum Gasteiger partial charge on any atom is 0.270 e. The first-order chi connectivity index (χ1) is 14.2. The van der Waals surface area contributed by atoms with Crippen LogP contribution < -0.4 is 10.6 Å². The molecule has 148 valence electrons. The summed E-state index contributed by atoms with van der Waals surface area (Å²) in [6.45, 7) is 3.07. The number of aromatic nitrogens is 2. The molecule has 7 nitrogen and oxygen atoms in total. The molecule has 3 aromatic rings. The number of carbonyl (C=O) groups excluding carboxylic acids is 2. The van der Waals surface area contributed by atoms with E-state index in [1.807, 2.05) is 35.2 Å². The molecule has 1 saturated carbocycles. The lowest BCUT2D eigenvalue weighted by atomic mass is 10.1. The van der Waals surface area contributed by atoms with Crippen molar-refractivity contribution in [2.75, 3.05) is 25.0 Å². The highest BCUT2D eigenvalue weighted by Crippen LogP contribution is 2.49. The van der Waals surface area contributed by atoms with E-state index >= 15 is 0 Å². The molecule has 0 unspecified atom stereocenters. The van der Waals surface area contributed by atoms with Crippen LogP contribution in [0.2, 0.25) is 0 Å². The van der Waals surface area contributed by atoms with Gasteiger partial charge in [-0.05, 0) is 37.1 Å². The summed E-state index contributed by atoms with van der Waals surface area (Å²) < 4.78 is 0. The summed E-state index contributed by atoms with van der Waals surface area (Å²) >= 11 is 1.50. The van der Waals surface area contributed by atoms with Crippen LogP contribution in [0.3, 0.4) is 0 Å². The first-order valence-electron chi connectivity index (χ1n) is 10.0. The SMILES string of the molecule is O=C(Nc1nc2c(s1)CN(C(=O)c1cc3ccccc3[nH]1)CC2)[C@@H]1[C@@H]2CNC[C@@H]21. The Balaban J connectivity index is 1.16. The first kappa shape index (κ1) is 17.2. The Kier molecular flexibility index (Phi) is 3.79. The van der Waals surface area contributed by atoms with Crippen LogP contribution in [0.5, 0.6) is 0 Å². The highest BCUT2D eigenvalue weighted by molar-refractivity contribution is 7.15. The molecule has 6 rings (SSSR count). The van der Waals surface area contributed by atoms with Crippen molar-refractivity contribution in [3.8, 4) is 0 Å². The van der Waals surface area contributed by atoms with Gasteiger partial charge in [-0.25, -0.2) is 4.98 Å². The van der Waals surface area contributed by atoms with Gasteiger partial charge in [0, 0.05) is 34.7 Å². The number of rotatable bonds is 3. The van der Waals surface area contributed by atoms with E-state index in [1.54, 1.807) is 0 Å². The summed E-state index contributed by atoms with van der Waals surface area (Å²) in [6.07, 6.45) is 0.715. The number of nitrogens with one attached hydrogen (secondary N) is 3. The number of thiazole rings is 1. The number of hydrogen-bond donors (Lipinski definition) is 3. The van der Waals surface area contributed by atoms with Gasteiger partial charge in [-0.1, -0.05) is 29.5 Å². The number of carbonyl (C=O) groups is 2. The number of anilines is 1. The number of amides is 2. The molecule has 3 N–H and O–H groups in total. The summed E-state index contributed by atoms with van der Waals surface area (Å²) in [6, 6.07) is 9.81. The third-order valence-electron chi connectivity index (χ3n) is 6.40. The third-order valence-corrected chi connectivity index (χ3v) is 7.40. The Morgan fingerprint density at radius 3 is 2.86 bits per heavy atom. The van der Waals surface area contributed by atoms with Gasteiger partial charge in [-0.15, -0.1) is 0 Å². The Labute approximate surface area is 171 Å². The molecule has 29 heavy (non-hydrogen) atoms. The van der Waals surface area contributed by atoms with Gasteiger partial charge in [0.2, 0.25) is 5.91 Å². The van der Waals surface area contributed by atoms with Crippen LogP contribution in [0.25, 0.3) is 10.9 Å². The number of H-pyrrole nitrogens is 1. The van der Waals surface area contributed by atoms with Crippen molar-refractivity contribution in [2.45, 2.75) is 13.0 Å². The van der Waals surface area contributed by atoms with Crippen LogP contribution in [-0.4, -0.2) is 46.3 Å². The maximum atomic E-state index is 13.0. The number of nitrogens with zero attached hydrogens (tertiary/aromatic N) is 2. The molecule has 2 aliphatic heterocycles. The van der Waals surface area contributed by atoms with E-state index in [4.69, 9.17) is 0 Å². The summed E-state index contributed by atoms with van der Waals surface area (Å²) in [5.74, 6) is 1.23. The standard InChI is InChI=1S/C21H21N5O2S/c27-19(18-12-8-22-9-13(12)18)25-21-24-15-5-6-26(10-17(15)29-21)20(28)16-7-11-3-1-2-4-14(11)23-16/h1-4,7,12-13,18,22-23H,5-6,8-10H2,(H,24,25,27)/t12-,13+,18-. The monoisotopic (exact) mass is 407 g/mol. The molecule has 1 saturated heterocycles. The lowest BCUT2D eigenvalue weighted by molar-refractivity contribution is -0.118. The molecule has 2 amide bonds. The van der Waals surface area contributed by atoms with Gasteiger partial charge in [0.05, 0.1) is 12.2 Å². The zero-order chi connectivity index (χ0) is 19.5. The largest absolute Gasteiger partial charge is 0.351 e. The van der Waals surface area contributed by atoms with E-state index in [9.17, 15) is 9.59 Å². The fourth-order valence-corrected chi connectivity index (χ4v) is 5.80. The van der Waals surface area contributed by atoms with E-state index in [2.05, 4.69) is 20.6 Å².